The van der Waals surface area contributed by atoms with Gasteiger partial charge in [0.25, 0.3) is 5.91 Å². The summed E-state index contributed by atoms with van der Waals surface area (Å²) >= 11 is 0. The van der Waals surface area contributed by atoms with Crippen molar-refractivity contribution in [3.63, 3.8) is 0 Å². The first-order valence-electron chi connectivity index (χ1n) is 9.25. The zero-order valence-corrected chi connectivity index (χ0v) is 15.0. The Morgan fingerprint density at radius 3 is 2.54 bits per heavy atom. The molecule has 0 radical (unpaired) electrons. The summed E-state index contributed by atoms with van der Waals surface area (Å²) in [6.07, 6.45) is 5.86. The van der Waals surface area contributed by atoms with Crippen molar-refractivity contribution >= 4 is 11.9 Å². The lowest BCUT2D eigenvalue weighted by molar-refractivity contribution is -0.129. The van der Waals surface area contributed by atoms with Gasteiger partial charge in [-0.1, -0.05) is 56.0 Å². The Hall–Kier alpha value is -2.63. The molecule has 0 unspecified atom stereocenters. The second-order valence-electron chi connectivity index (χ2n) is 6.78. The lowest BCUT2D eigenvalue weighted by atomic mass is 10.1. The fraction of sp³-hybridized carbons (Fsp3) is 0.450. The first kappa shape index (κ1) is 18.2. The van der Waals surface area contributed by atoms with Crippen molar-refractivity contribution in [1.29, 1.82) is 0 Å². The van der Waals surface area contributed by atoms with Crippen molar-refractivity contribution in [1.82, 2.24) is 15.5 Å². The molecule has 1 aromatic carbocycles. The Labute approximate surface area is 153 Å². The molecule has 6 nitrogen and oxygen atoms in total. The SMILES string of the molecule is C[C@@H](OC(=O)c1cc(-c2ccccc2)n[nH]1)C(=O)NC1CCCCCC1. The molecule has 138 valence electrons. The van der Waals surface area contributed by atoms with Gasteiger partial charge >= 0.3 is 5.97 Å². The Morgan fingerprint density at radius 2 is 1.85 bits per heavy atom. The van der Waals surface area contributed by atoms with Crippen molar-refractivity contribution in [3.8, 4) is 11.3 Å². The molecule has 1 aliphatic rings. The van der Waals surface area contributed by atoms with E-state index in [1.807, 2.05) is 30.3 Å². The van der Waals surface area contributed by atoms with Gasteiger partial charge in [0.2, 0.25) is 0 Å². The Kier molecular flexibility index (Phi) is 6.04. The topological polar surface area (TPSA) is 84.1 Å². The Morgan fingerprint density at radius 1 is 1.15 bits per heavy atom. The maximum absolute atomic E-state index is 12.3. The highest BCUT2D eigenvalue weighted by Gasteiger charge is 2.23. The lowest BCUT2D eigenvalue weighted by Crippen LogP contribution is -2.41. The highest BCUT2D eigenvalue weighted by atomic mass is 16.5. The number of rotatable bonds is 5. The summed E-state index contributed by atoms with van der Waals surface area (Å²) in [6.45, 7) is 1.60. The molecule has 0 saturated heterocycles. The minimum atomic E-state index is -0.839. The van der Waals surface area contributed by atoms with E-state index >= 15 is 0 Å². The van der Waals surface area contributed by atoms with E-state index in [2.05, 4.69) is 15.5 Å². The third-order valence-electron chi connectivity index (χ3n) is 4.72. The van der Waals surface area contributed by atoms with Crippen LogP contribution < -0.4 is 5.32 Å². The number of carbonyl (C=O) groups is 2. The van der Waals surface area contributed by atoms with Crippen molar-refractivity contribution < 1.29 is 14.3 Å². The van der Waals surface area contributed by atoms with Gasteiger partial charge in [0.1, 0.15) is 5.69 Å². The summed E-state index contributed by atoms with van der Waals surface area (Å²) in [4.78, 5) is 24.6. The molecule has 0 bridgehead atoms. The van der Waals surface area contributed by atoms with Gasteiger partial charge in [-0.2, -0.15) is 5.10 Å². The number of hydrogen-bond donors (Lipinski definition) is 2. The quantitative estimate of drug-likeness (QED) is 0.635. The van der Waals surface area contributed by atoms with Gasteiger partial charge in [-0.15, -0.1) is 0 Å². The molecule has 1 fully saturated rings. The third-order valence-corrected chi connectivity index (χ3v) is 4.72. The van der Waals surface area contributed by atoms with Crippen molar-refractivity contribution in [2.45, 2.75) is 57.6 Å². The van der Waals surface area contributed by atoms with Gasteiger partial charge in [-0.05, 0) is 25.8 Å². The predicted octanol–water partition coefficient (Wildman–Crippen LogP) is 3.46. The number of hydrogen-bond acceptors (Lipinski definition) is 4. The van der Waals surface area contributed by atoms with Crippen LogP contribution in [0.5, 0.6) is 0 Å². The fourth-order valence-corrected chi connectivity index (χ4v) is 3.20. The molecule has 6 heteroatoms. The maximum Gasteiger partial charge on any atom is 0.357 e. The number of aromatic nitrogens is 2. The van der Waals surface area contributed by atoms with Crippen LogP contribution in [0.4, 0.5) is 0 Å². The molecule has 0 aliphatic heterocycles. The number of benzene rings is 1. The van der Waals surface area contributed by atoms with Crippen LogP contribution in [0.2, 0.25) is 0 Å². The van der Waals surface area contributed by atoms with Gasteiger partial charge in [-0.3, -0.25) is 9.89 Å². The van der Waals surface area contributed by atoms with Crippen LogP contribution in [0.1, 0.15) is 55.9 Å². The van der Waals surface area contributed by atoms with Crippen LogP contribution in [0.15, 0.2) is 36.4 Å². The minimum Gasteiger partial charge on any atom is -0.448 e. The van der Waals surface area contributed by atoms with Crippen LogP contribution in [0.25, 0.3) is 11.3 Å². The number of nitrogens with one attached hydrogen (secondary N) is 2. The lowest BCUT2D eigenvalue weighted by Gasteiger charge is -2.19. The molecular weight excluding hydrogens is 330 g/mol. The van der Waals surface area contributed by atoms with Gasteiger partial charge in [0.05, 0.1) is 5.69 Å². The number of H-pyrrole nitrogens is 1. The smallest absolute Gasteiger partial charge is 0.357 e. The molecule has 1 aromatic heterocycles. The zero-order valence-electron chi connectivity index (χ0n) is 15.0. The van der Waals surface area contributed by atoms with Crippen LogP contribution in [0.3, 0.4) is 0 Å². The van der Waals surface area contributed by atoms with E-state index in [1.165, 1.54) is 12.8 Å². The third kappa shape index (κ3) is 4.71. The molecule has 1 amide bonds. The molecule has 1 heterocycles. The number of aromatic amines is 1. The van der Waals surface area contributed by atoms with E-state index in [0.717, 1.165) is 31.2 Å². The maximum atomic E-state index is 12.3. The number of nitrogens with zero attached hydrogens (tertiary/aromatic N) is 1. The highest BCUT2D eigenvalue weighted by molar-refractivity contribution is 5.91. The zero-order chi connectivity index (χ0) is 18.4. The molecule has 1 atom stereocenters. The summed E-state index contributed by atoms with van der Waals surface area (Å²) in [5, 5.41) is 9.82. The molecule has 2 aromatic rings. The Balaban J connectivity index is 1.55. The molecule has 3 rings (SSSR count). The molecular formula is C20H25N3O3. The molecule has 0 spiro atoms. The first-order valence-corrected chi connectivity index (χ1v) is 9.25. The highest BCUT2D eigenvalue weighted by Crippen LogP contribution is 2.19. The summed E-state index contributed by atoms with van der Waals surface area (Å²) < 4.78 is 5.30. The van der Waals surface area contributed by atoms with E-state index in [0.29, 0.717) is 5.69 Å². The minimum absolute atomic E-state index is 0.183. The number of ether oxygens (including phenoxy) is 1. The van der Waals surface area contributed by atoms with E-state index in [4.69, 9.17) is 4.74 Å². The Bertz CT molecular complexity index is 734. The van der Waals surface area contributed by atoms with Crippen LogP contribution in [-0.2, 0) is 9.53 Å². The molecule has 2 N–H and O–H groups in total. The van der Waals surface area contributed by atoms with E-state index in [-0.39, 0.29) is 17.6 Å². The van der Waals surface area contributed by atoms with Gasteiger partial charge in [0.15, 0.2) is 6.10 Å². The van der Waals surface area contributed by atoms with E-state index in [9.17, 15) is 9.59 Å². The average molecular weight is 355 g/mol. The molecule has 26 heavy (non-hydrogen) atoms. The molecule has 1 saturated carbocycles. The largest absolute Gasteiger partial charge is 0.448 e. The van der Waals surface area contributed by atoms with Gasteiger partial charge < -0.3 is 10.1 Å². The summed E-state index contributed by atoms with van der Waals surface area (Å²) in [6, 6.07) is 11.4. The average Bonchev–Trinajstić information content (AvgIpc) is 3.02. The fourth-order valence-electron chi connectivity index (χ4n) is 3.20. The number of amides is 1. The first-order chi connectivity index (χ1) is 12.6. The van der Waals surface area contributed by atoms with Crippen molar-refractivity contribution in [2.24, 2.45) is 0 Å². The number of esters is 1. The second-order valence-corrected chi connectivity index (χ2v) is 6.78. The summed E-state index contributed by atoms with van der Waals surface area (Å²) in [7, 11) is 0. The monoisotopic (exact) mass is 355 g/mol. The van der Waals surface area contributed by atoms with Gasteiger partial charge in [-0.25, -0.2) is 4.79 Å². The normalized spacial score (nSPS) is 16.5. The van der Waals surface area contributed by atoms with Crippen LogP contribution in [0, 0.1) is 0 Å². The number of carbonyl (C=O) groups excluding carboxylic acids is 2. The van der Waals surface area contributed by atoms with E-state index < -0.39 is 12.1 Å². The van der Waals surface area contributed by atoms with Gasteiger partial charge in [0, 0.05) is 11.6 Å². The van der Waals surface area contributed by atoms with Crippen molar-refractivity contribution in [2.75, 3.05) is 0 Å². The standard InChI is InChI=1S/C20H25N3O3/c1-14(19(24)21-16-11-7-2-3-8-12-16)26-20(25)18-13-17(22-23-18)15-9-5-4-6-10-15/h4-6,9-10,13-14,16H,2-3,7-8,11-12H2,1H3,(H,21,24)(H,22,23)/t14-/m1/s1. The molecule has 1 aliphatic carbocycles. The van der Waals surface area contributed by atoms with E-state index in [1.54, 1.807) is 13.0 Å². The van der Waals surface area contributed by atoms with Crippen LogP contribution in [-0.4, -0.2) is 34.2 Å². The summed E-state index contributed by atoms with van der Waals surface area (Å²) in [5.74, 6) is -0.823. The van der Waals surface area contributed by atoms with Crippen LogP contribution >= 0.6 is 0 Å². The van der Waals surface area contributed by atoms with Crippen molar-refractivity contribution in [3.05, 3.63) is 42.1 Å². The summed E-state index contributed by atoms with van der Waals surface area (Å²) in [5.41, 5.74) is 1.80. The second kappa shape index (κ2) is 8.65. The predicted molar refractivity (Wildman–Crippen MR) is 98.5 cm³/mol.